The molecule has 2 rings (SSSR count). The average molecular weight is 276 g/mol. The largest absolute Gasteiger partial charge is 0.495 e. The molecule has 1 aliphatic heterocycles. The quantitative estimate of drug-likeness (QED) is 0.849. The van der Waals surface area contributed by atoms with Crippen LogP contribution in [-0.4, -0.2) is 44.1 Å². The molecular formula is C16H24N2O2. The molecule has 0 radical (unpaired) electrons. The Hall–Kier alpha value is -1.71. The van der Waals surface area contributed by atoms with Gasteiger partial charge in [0.25, 0.3) is 0 Å². The number of hydrogen-bond acceptors (Lipinski definition) is 3. The second-order valence-corrected chi connectivity index (χ2v) is 5.64. The highest BCUT2D eigenvalue weighted by Crippen LogP contribution is 2.30. The second kappa shape index (κ2) is 6.16. The van der Waals surface area contributed by atoms with Crippen LogP contribution in [0.4, 0.5) is 5.69 Å². The van der Waals surface area contributed by atoms with Crippen LogP contribution >= 0.6 is 0 Å². The minimum atomic E-state index is 0.0788. The molecule has 0 aromatic heterocycles. The van der Waals surface area contributed by atoms with Gasteiger partial charge in [-0.15, -0.1) is 0 Å². The molecule has 1 aromatic rings. The fraction of sp³-hybridized carbons (Fsp3) is 0.562. The summed E-state index contributed by atoms with van der Waals surface area (Å²) in [6, 6.07) is 6.22. The first kappa shape index (κ1) is 14.7. The van der Waals surface area contributed by atoms with Crippen LogP contribution in [0.2, 0.25) is 0 Å². The first-order chi connectivity index (χ1) is 9.52. The predicted molar refractivity (Wildman–Crippen MR) is 81.4 cm³/mol. The highest BCUT2D eigenvalue weighted by Gasteiger charge is 2.24. The molecule has 1 fully saturated rings. The van der Waals surface area contributed by atoms with Crippen molar-refractivity contribution in [2.75, 3.05) is 38.2 Å². The minimum Gasteiger partial charge on any atom is -0.495 e. The number of benzene rings is 1. The molecule has 0 bridgehead atoms. The molecule has 1 aromatic carbocycles. The van der Waals surface area contributed by atoms with Crippen molar-refractivity contribution in [2.24, 2.45) is 5.92 Å². The molecule has 0 spiro atoms. The van der Waals surface area contributed by atoms with Gasteiger partial charge >= 0.3 is 0 Å². The second-order valence-electron chi connectivity index (χ2n) is 5.64. The van der Waals surface area contributed by atoms with E-state index in [1.807, 2.05) is 24.8 Å². The van der Waals surface area contributed by atoms with Gasteiger partial charge in [-0.1, -0.05) is 19.9 Å². The minimum absolute atomic E-state index is 0.0788. The van der Waals surface area contributed by atoms with Crippen molar-refractivity contribution in [3.05, 3.63) is 23.8 Å². The Labute approximate surface area is 121 Å². The van der Waals surface area contributed by atoms with Crippen molar-refractivity contribution in [2.45, 2.75) is 20.8 Å². The Balaban J connectivity index is 2.07. The van der Waals surface area contributed by atoms with Gasteiger partial charge in [-0.05, 0) is 24.6 Å². The van der Waals surface area contributed by atoms with Crippen LogP contribution in [0, 0.1) is 12.8 Å². The van der Waals surface area contributed by atoms with Gasteiger partial charge in [0, 0.05) is 32.1 Å². The van der Waals surface area contributed by atoms with Gasteiger partial charge in [-0.2, -0.15) is 0 Å². The maximum atomic E-state index is 12.0. The van der Waals surface area contributed by atoms with Crippen LogP contribution in [0.15, 0.2) is 18.2 Å². The van der Waals surface area contributed by atoms with Crippen molar-refractivity contribution >= 4 is 11.6 Å². The highest BCUT2D eigenvalue weighted by molar-refractivity contribution is 5.78. The molecule has 4 nitrogen and oxygen atoms in total. The molecule has 0 atom stereocenters. The molecule has 110 valence electrons. The van der Waals surface area contributed by atoms with Crippen molar-refractivity contribution in [3.63, 3.8) is 0 Å². The van der Waals surface area contributed by atoms with Crippen molar-refractivity contribution in [3.8, 4) is 5.75 Å². The topological polar surface area (TPSA) is 32.8 Å². The summed E-state index contributed by atoms with van der Waals surface area (Å²) in [7, 11) is 1.70. The van der Waals surface area contributed by atoms with E-state index < -0.39 is 0 Å². The van der Waals surface area contributed by atoms with Crippen LogP contribution in [0.5, 0.6) is 5.75 Å². The number of anilines is 1. The number of hydrogen-bond donors (Lipinski definition) is 0. The van der Waals surface area contributed by atoms with Crippen LogP contribution in [0.25, 0.3) is 0 Å². The summed E-state index contributed by atoms with van der Waals surface area (Å²) in [4.78, 5) is 16.3. The third-order valence-electron chi connectivity index (χ3n) is 3.76. The van der Waals surface area contributed by atoms with Crippen molar-refractivity contribution < 1.29 is 9.53 Å². The fourth-order valence-electron chi connectivity index (χ4n) is 2.58. The van der Waals surface area contributed by atoms with Crippen molar-refractivity contribution in [1.82, 2.24) is 4.90 Å². The Kier molecular flexibility index (Phi) is 4.53. The molecule has 0 aliphatic carbocycles. The lowest BCUT2D eigenvalue weighted by atomic mass is 10.1. The van der Waals surface area contributed by atoms with Gasteiger partial charge in [0.05, 0.1) is 12.8 Å². The van der Waals surface area contributed by atoms with Crippen molar-refractivity contribution in [1.29, 1.82) is 0 Å². The number of amides is 1. The average Bonchev–Trinajstić information content (AvgIpc) is 2.46. The molecular weight excluding hydrogens is 252 g/mol. The van der Waals surface area contributed by atoms with E-state index in [1.165, 1.54) is 5.56 Å². The van der Waals surface area contributed by atoms with Crippen LogP contribution < -0.4 is 9.64 Å². The summed E-state index contributed by atoms with van der Waals surface area (Å²) in [5.41, 5.74) is 2.35. The highest BCUT2D eigenvalue weighted by atomic mass is 16.5. The Morgan fingerprint density at radius 2 is 1.85 bits per heavy atom. The molecule has 1 heterocycles. The third kappa shape index (κ3) is 3.06. The predicted octanol–water partition coefficient (Wildman–Crippen LogP) is 2.31. The smallest absolute Gasteiger partial charge is 0.225 e. The molecule has 4 heteroatoms. The van der Waals surface area contributed by atoms with E-state index >= 15 is 0 Å². The molecule has 0 unspecified atom stereocenters. The monoisotopic (exact) mass is 276 g/mol. The van der Waals surface area contributed by atoms with E-state index in [-0.39, 0.29) is 11.8 Å². The van der Waals surface area contributed by atoms with Gasteiger partial charge in [0.15, 0.2) is 0 Å². The summed E-state index contributed by atoms with van der Waals surface area (Å²) >= 11 is 0. The number of nitrogens with zero attached hydrogens (tertiary/aromatic N) is 2. The van der Waals surface area contributed by atoms with Crippen LogP contribution in [0.1, 0.15) is 19.4 Å². The van der Waals surface area contributed by atoms with E-state index in [4.69, 9.17) is 4.74 Å². The zero-order valence-corrected chi connectivity index (χ0v) is 12.8. The molecule has 0 N–H and O–H groups in total. The van der Waals surface area contributed by atoms with Gasteiger partial charge in [0.1, 0.15) is 5.75 Å². The zero-order valence-electron chi connectivity index (χ0n) is 12.8. The van der Waals surface area contributed by atoms with Gasteiger partial charge < -0.3 is 14.5 Å². The van der Waals surface area contributed by atoms with E-state index in [9.17, 15) is 4.79 Å². The van der Waals surface area contributed by atoms with E-state index in [0.717, 1.165) is 37.6 Å². The standard InChI is InChI=1S/C16H24N2O2/c1-12(2)16(19)18-9-7-17(8-10-18)14-11-13(3)5-6-15(14)20-4/h5-6,11-12H,7-10H2,1-4H3. The SMILES string of the molecule is COc1ccc(C)cc1N1CCN(C(=O)C(C)C)CC1. The summed E-state index contributed by atoms with van der Waals surface area (Å²) in [5, 5.41) is 0. The van der Waals surface area contributed by atoms with E-state index in [2.05, 4.69) is 24.0 Å². The van der Waals surface area contributed by atoms with Gasteiger partial charge in [-0.25, -0.2) is 0 Å². The number of ether oxygens (including phenoxy) is 1. The number of methoxy groups -OCH3 is 1. The Bertz CT molecular complexity index is 477. The number of carbonyl (C=O) groups is 1. The lowest BCUT2D eigenvalue weighted by Gasteiger charge is -2.37. The fourth-order valence-corrected chi connectivity index (χ4v) is 2.58. The lowest BCUT2D eigenvalue weighted by Crippen LogP contribution is -2.50. The summed E-state index contributed by atoms with van der Waals surface area (Å²) in [5.74, 6) is 1.23. The van der Waals surface area contributed by atoms with E-state index in [1.54, 1.807) is 7.11 Å². The maximum Gasteiger partial charge on any atom is 0.225 e. The van der Waals surface area contributed by atoms with Gasteiger partial charge in [-0.3, -0.25) is 4.79 Å². The Morgan fingerprint density at radius 3 is 2.40 bits per heavy atom. The first-order valence-electron chi connectivity index (χ1n) is 7.21. The molecule has 0 saturated carbocycles. The maximum absolute atomic E-state index is 12.0. The normalized spacial score (nSPS) is 15.7. The van der Waals surface area contributed by atoms with E-state index in [0.29, 0.717) is 0 Å². The molecule has 20 heavy (non-hydrogen) atoms. The zero-order chi connectivity index (χ0) is 14.7. The summed E-state index contributed by atoms with van der Waals surface area (Å²) in [6.45, 7) is 9.29. The molecule has 1 aliphatic rings. The number of carbonyl (C=O) groups excluding carboxylic acids is 1. The summed E-state index contributed by atoms with van der Waals surface area (Å²) < 4.78 is 5.44. The number of rotatable bonds is 3. The first-order valence-corrected chi connectivity index (χ1v) is 7.21. The third-order valence-corrected chi connectivity index (χ3v) is 3.76. The summed E-state index contributed by atoms with van der Waals surface area (Å²) in [6.07, 6.45) is 0. The lowest BCUT2D eigenvalue weighted by molar-refractivity contribution is -0.134. The molecule has 1 saturated heterocycles. The Morgan fingerprint density at radius 1 is 1.20 bits per heavy atom. The number of aryl methyl sites for hydroxylation is 1. The van der Waals surface area contributed by atoms with Gasteiger partial charge in [0.2, 0.25) is 5.91 Å². The van der Waals surface area contributed by atoms with Crippen LogP contribution in [0.3, 0.4) is 0 Å². The molecule has 1 amide bonds. The number of piperazine rings is 1. The van der Waals surface area contributed by atoms with Crippen LogP contribution in [-0.2, 0) is 4.79 Å².